The molecule has 1 rings (SSSR count). The lowest BCUT2D eigenvalue weighted by atomic mass is 9.88. The highest BCUT2D eigenvalue weighted by Crippen LogP contribution is 2.23. The molecule has 110 valence electrons. The van der Waals surface area contributed by atoms with Gasteiger partial charge in [0.05, 0.1) is 0 Å². The van der Waals surface area contributed by atoms with Crippen LogP contribution in [0.3, 0.4) is 0 Å². The first-order chi connectivity index (χ1) is 9.29. The molecule has 0 unspecified atom stereocenters. The molecule has 0 spiro atoms. The van der Waals surface area contributed by atoms with Gasteiger partial charge in [0, 0.05) is 12.7 Å². The van der Waals surface area contributed by atoms with Gasteiger partial charge in [0.1, 0.15) is 0 Å². The van der Waals surface area contributed by atoms with E-state index < -0.39 is 0 Å². The molecule has 0 fully saturated rings. The van der Waals surface area contributed by atoms with Crippen LogP contribution in [0.2, 0.25) is 0 Å². The fraction of sp³-hybridized carbons (Fsp3) is 0.471. The van der Waals surface area contributed by atoms with Gasteiger partial charge in [-0.3, -0.25) is 0 Å². The molecule has 1 aromatic rings. The van der Waals surface area contributed by atoms with E-state index >= 15 is 0 Å². The highest BCUT2D eigenvalue weighted by Gasteiger charge is 2.12. The second kappa shape index (κ2) is 7.13. The molecular weight excluding hydrogens is 248 g/mol. The monoisotopic (exact) mass is 274 g/mol. The third-order valence-corrected chi connectivity index (χ3v) is 3.42. The van der Waals surface area contributed by atoms with E-state index in [9.17, 15) is 4.79 Å². The van der Waals surface area contributed by atoms with Crippen LogP contribution in [-0.4, -0.2) is 12.6 Å². The third kappa shape index (κ3) is 5.91. The summed E-state index contributed by atoms with van der Waals surface area (Å²) < 4.78 is 0. The van der Waals surface area contributed by atoms with Crippen LogP contribution < -0.4 is 10.6 Å². The van der Waals surface area contributed by atoms with Crippen molar-refractivity contribution >= 4 is 6.03 Å². The average molecular weight is 274 g/mol. The Balaban J connectivity index is 2.32. The number of hydrogen-bond donors (Lipinski definition) is 2. The first-order valence-corrected chi connectivity index (χ1v) is 7.06. The molecule has 2 amide bonds. The number of aryl methyl sites for hydroxylation is 1. The van der Waals surface area contributed by atoms with Crippen LogP contribution in [-0.2, 0) is 6.42 Å². The van der Waals surface area contributed by atoms with Crippen LogP contribution in [0.25, 0.3) is 0 Å². The van der Waals surface area contributed by atoms with Crippen molar-refractivity contribution in [2.24, 2.45) is 5.41 Å². The lowest BCUT2D eigenvalue weighted by molar-refractivity contribution is 0.244. The summed E-state index contributed by atoms with van der Waals surface area (Å²) in [6, 6.07) is 8.22. The maximum atomic E-state index is 11.7. The summed E-state index contributed by atoms with van der Waals surface area (Å²) in [5.74, 6) is 0. The van der Waals surface area contributed by atoms with Crippen molar-refractivity contribution in [3.05, 3.63) is 47.2 Å². The number of amides is 2. The normalized spacial score (nSPS) is 12.2. The minimum Gasteiger partial charge on any atom is -0.338 e. The van der Waals surface area contributed by atoms with Gasteiger partial charge < -0.3 is 10.6 Å². The summed E-state index contributed by atoms with van der Waals surface area (Å²) in [6.07, 6.45) is 2.62. The highest BCUT2D eigenvalue weighted by atomic mass is 16.2. The van der Waals surface area contributed by atoms with E-state index in [4.69, 9.17) is 0 Å². The van der Waals surface area contributed by atoms with Gasteiger partial charge in [-0.1, -0.05) is 56.2 Å². The maximum absolute atomic E-state index is 11.7. The molecule has 0 radical (unpaired) electrons. The molecule has 0 aliphatic carbocycles. The molecule has 0 aliphatic rings. The molecule has 0 aliphatic heterocycles. The SMILES string of the molecule is C/C(=C\NC(=O)NCCc1ccc(C)cc1)C(C)(C)C. The molecule has 0 saturated heterocycles. The smallest absolute Gasteiger partial charge is 0.318 e. The van der Waals surface area contributed by atoms with Crippen molar-refractivity contribution in [2.75, 3.05) is 6.54 Å². The zero-order valence-corrected chi connectivity index (χ0v) is 13.2. The summed E-state index contributed by atoms with van der Waals surface area (Å²) in [5, 5.41) is 5.63. The van der Waals surface area contributed by atoms with E-state index in [0.29, 0.717) is 6.54 Å². The summed E-state index contributed by atoms with van der Waals surface area (Å²) in [5.41, 5.74) is 3.71. The van der Waals surface area contributed by atoms with E-state index in [1.54, 1.807) is 6.20 Å². The van der Waals surface area contributed by atoms with Crippen LogP contribution in [0.5, 0.6) is 0 Å². The number of carbonyl (C=O) groups is 1. The van der Waals surface area contributed by atoms with Gasteiger partial charge in [-0.25, -0.2) is 4.79 Å². The second-order valence-corrected chi connectivity index (χ2v) is 6.21. The number of hydrogen-bond acceptors (Lipinski definition) is 1. The molecule has 0 saturated carbocycles. The number of urea groups is 1. The Kier molecular flexibility index (Phi) is 5.81. The number of carbonyl (C=O) groups excluding carboxylic acids is 1. The van der Waals surface area contributed by atoms with E-state index in [2.05, 4.69) is 62.6 Å². The van der Waals surface area contributed by atoms with Gasteiger partial charge >= 0.3 is 6.03 Å². The molecular formula is C17H26N2O. The minimum atomic E-state index is -0.152. The fourth-order valence-corrected chi connectivity index (χ4v) is 1.52. The molecule has 3 nitrogen and oxygen atoms in total. The van der Waals surface area contributed by atoms with Gasteiger partial charge in [-0.15, -0.1) is 0 Å². The van der Waals surface area contributed by atoms with E-state index in [1.165, 1.54) is 11.1 Å². The van der Waals surface area contributed by atoms with Crippen LogP contribution in [0.15, 0.2) is 36.0 Å². The summed E-state index contributed by atoms with van der Waals surface area (Å²) in [6.45, 7) is 11.1. The standard InChI is InChI=1S/C17H26N2O/c1-13-6-8-15(9-7-13)10-11-18-16(20)19-12-14(2)17(3,4)5/h6-9,12H,10-11H2,1-5H3,(H2,18,19,20)/b14-12+. The molecule has 0 aromatic heterocycles. The van der Waals surface area contributed by atoms with Crippen LogP contribution in [0.4, 0.5) is 4.79 Å². The second-order valence-electron chi connectivity index (χ2n) is 6.21. The van der Waals surface area contributed by atoms with Gasteiger partial charge in [0.25, 0.3) is 0 Å². The minimum absolute atomic E-state index is 0.0786. The van der Waals surface area contributed by atoms with Crippen molar-refractivity contribution in [1.82, 2.24) is 10.6 Å². The summed E-state index contributed by atoms with van der Waals surface area (Å²) in [7, 11) is 0. The molecule has 1 aromatic carbocycles. The van der Waals surface area contributed by atoms with Gasteiger partial charge in [-0.2, -0.15) is 0 Å². The quantitative estimate of drug-likeness (QED) is 0.861. The zero-order valence-electron chi connectivity index (χ0n) is 13.2. The van der Waals surface area contributed by atoms with Crippen LogP contribution in [0.1, 0.15) is 38.8 Å². The molecule has 0 bridgehead atoms. The Bertz CT molecular complexity index is 467. The van der Waals surface area contributed by atoms with Crippen LogP contribution in [0, 0.1) is 12.3 Å². The number of allylic oxidation sites excluding steroid dienone is 1. The fourth-order valence-electron chi connectivity index (χ4n) is 1.52. The van der Waals surface area contributed by atoms with Crippen molar-refractivity contribution in [1.29, 1.82) is 0 Å². The first-order valence-electron chi connectivity index (χ1n) is 7.06. The first kappa shape index (κ1) is 16.3. The zero-order chi connectivity index (χ0) is 15.2. The number of nitrogens with one attached hydrogen (secondary N) is 2. The van der Waals surface area contributed by atoms with Crippen molar-refractivity contribution in [3.8, 4) is 0 Å². The maximum Gasteiger partial charge on any atom is 0.318 e. The predicted molar refractivity (Wildman–Crippen MR) is 84.6 cm³/mol. The molecule has 0 atom stereocenters. The Labute approximate surface area is 122 Å². The number of benzene rings is 1. The number of rotatable bonds is 4. The van der Waals surface area contributed by atoms with Crippen LogP contribution >= 0.6 is 0 Å². The van der Waals surface area contributed by atoms with Crippen molar-refractivity contribution in [3.63, 3.8) is 0 Å². The largest absolute Gasteiger partial charge is 0.338 e. The topological polar surface area (TPSA) is 41.1 Å². The van der Waals surface area contributed by atoms with Crippen molar-refractivity contribution < 1.29 is 4.79 Å². The average Bonchev–Trinajstić information content (AvgIpc) is 2.37. The predicted octanol–water partition coefficient (Wildman–Crippen LogP) is 3.79. The molecule has 0 heterocycles. The molecule has 3 heteroatoms. The Morgan fingerprint density at radius 3 is 2.35 bits per heavy atom. The lowest BCUT2D eigenvalue weighted by Crippen LogP contribution is -2.34. The summed E-state index contributed by atoms with van der Waals surface area (Å²) >= 11 is 0. The summed E-state index contributed by atoms with van der Waals surface area (Å²) in [4.78, 5) is 11.7. The Morgan fingerprint density at radius 1 is 1.20 bits per heavy atom. The molecule has 20 heavy (non-hydrogen) atoms. The van der Waals surface area contributed by atoms with Gasteiger partial charge in [0.2, 0.25) is 0 Å². The van der Waals surface area contributed by atoms with Gasteiger partial charge in [0.15, 0.2) is 0 Å². The third-order valence-electron chi connectivity index (χ3n) is 3.42. The highest BCUT2D eigenvalue weighted by molar-refractivity contribution is 5.74. The lowest BCUT2D eigenvalue weighted by Gasteiger charge is -2.19. The molecule has 2 N–H and O–H groups in total. The van der Waals surface area contributed by atoms with Gasteiger partial charge in [-0.05, 0) is 31.2 Å². The Hall–Kier alpha value is -1.77. The van der Waals surface area contributed by atoms with E-state index in [0.717, 1.165) is 12.0 Å². The van der Waals surface area contributed by atoms with E-state index in [-0.39, 0.29) is 11.4 Å². The van der Waals surface area contributed by atoms with E-state index in [1.807, 2.05) is 6.92 Å². The Morgan fingerprint density at radius 2 is 1.80 bits per heavy atom. The van der Waals surface area contributed by atoms with Crippen molar-refractivity contribution in [2.45, 2.75) is 41.0 Å².